The number of carbonyl (C=O) groups excluding carboxylic acids is 4. The number of rotatable bonds is 8. The first kappa shape index (κ1) is 22.5. The van der Waals surface area contributed by atoms with Crippen LogP contribution < -0.4 is 10.2 Å². The molecule has 1 aromatic rings. The molecule has 1 saturated heterocycles. The zero-order chi connectivity index (χ0) is 22.2. The third-order valence-corrected chi connectivity index (χ3v) is 5.50. The minimum atomic E-state index is -0.672. The Labute approximate surface area is 182 Å². The van der Waals surface area contributed by atoms with Gasteiger partial charge in [-0.25, -0.2) is 0 Å². The van der Waals surface area contributed by atoms with E-state index in [2.05, 4.69) is 11.4 Å². The van der Waals surface area contributed by atoms with Crippen molar-refractivity contribution in [1.29, 1.82) is 0 Å². The van der Waals surface area contributed by atoms with E-state index in [-0.39, 0.29) is 25.0 Å². The Hall–Kier alpha value is -3.16. The van der Waals surface area contributed by atoms with Crippen LogP contribution in [0.3, 0.4) is 0 Å². The molecule has 8 nitrogen and oxygen atoms in total. The van der Waals surface area contributed by atoms with Crippen molar-refractivity contribution in [2.75, 3.05) is 31.1 Å². The van der Waals surface area contributed by atoms with Crippen molar-refractivity contribution in [2.45, 2.75) is 45.4 Å². The zero-order valence-corrected chi connectivity index (χ0v) is 17.9. The summed E-state index contributed by atoms with van der Waals surface area (Å²) in [6.07, 6.45) is 7.44. The number of esters is 1. The minimum Gasteiger partial charge on any atom is -0.454 e. The van der Waals surface area contributed by atoms with Gasteiger partial charge in [0.25, 0.3) is 11.8 Å². The number of anilines is 1. The lowest BCUT2D eigenvalue weighted by Crippen LogP contribution is -2.36. The molecule has 0 saturated carbocycles. The standard InChI is InChI=1S/C23H29N3O5/c1-2-25(18-7-4-3-5-8-18)21(28)16-31-22(29)15-24-23(30)17-10-12-19(13-11-17)26-14-6-9-20(26)27/h7,10-13H,2-6,8-9,14-16H2,1H3,(H,24,30). The molecular formula is C23H29N3O5. The lowest BCUT2D eigenvalue weighted by atomic mass is 10.0. The molecule has 0 bridgehead atoms. The van der Waals surface area contributed by atoms with Crippen LogP contribution in [0.2, 0.25) is 0 Å². The third-order valence-electron chi connectivity index (χ3n) is 5.50. The van der Waals surface area contributed by atoms with Gasteiger partial charge in [-0.1, -0.05) is 6.08 Å². The van der Waals surface area contributed by atoms with E-state index in [4.69, 9.17) is 4.74 Å². The van der Waals surface area contributed by atoms with Gasteiger partial charge in [-0.05, 0) is 63.3 Å². The molecule has 3 amide bonds. The van der Waals surface area contributed by atoms with Crippen molar-refractivity contribution in [3.8, 4) is 0 Å². The van der Waals surface area contributed by atoms with Crippen LogP contribution >= 0.6 is 0 Å². The number of hydrogen-bond donors (Lipinski definition) is 1. The molecule has 2 aliphatic rings. The fourth-order valence-corrected chi connectivity index (χ4v) is 3.85. The quantitative estimate of drug-likeness (QED) is 0.643. The number of nitrogens with zero attached hydrogens (tertiary/aromatic N) is 2. The predicted octanol–water partition coefficient (Wildman–Crippen LogP) is 2.39. The Balaban J connectivity index is 1.43. The number of allylic oxidation sites excluding steroid dienone is 2. The smallest absolute Gasteiger partial charge is 0.325 e. The molecule has 1 fully saturated rings. The highest BCUT2D eigenvalue weighted by Crippen LogP contribution is 2.22. The van der Waals surface area contributed by atoms with Gasteiger partial charge in [0, 0.05) is 36.5 Å². The first-order valence-corrected chi connectivity index (χ1v) is 10.8. The van der Waals surface area contributed by atoms with Crippen LogP contribution in [0.1, 0.15) is 55.8 Å². The summed E-state index contributed by atoms with van der Waals surface area (Å²) in [4.78, 5) is 51.8. The predicted molar refractivity (Wildman–Crippen MR) is 115 cm³/mol. The SMILES string of the molecule is CCN(C(=O)COC(=O)CNC(=O)c1ccc(N2CCCC2=O)cc1)C1=CCCCC1. The van der Waals surface area contributed by atoms with Gasteiger partial charge in [0.2, 0.25) is 5.91 Å². The number of likely N-dealkylation sites (N-methyl/N-ethyl adjacent to an activating group) is 1. The Morgan fingerprint density at radius 3 is 2.48 bits per heavy atom. The van der Waals surface area contributed by atoms with E-state index < -0.39 is 11.9 Å². The average molecular weight is 428 g/mol. The molecule has 31 heavy (non-hydrogen) atoms. The molecule has 1 aromatic carbocycles. The summed E-state index contributed by atoms with van der Waals surface area (Å²) >= 11 is 0. The van der Waals surface area contributed by atoms with Crippen molar-refractivity contribution in [3.63, 3.8) is 0 Å². The van der Waals surface area contributed by atoms with E-state index in [9.17, 15) is 19.2 Å². The van der Waals surface area contributed by atoms with Gasteiger partial charge in [-0.15, -0.1) is 0 Å². The first-order valence-electron chi connectivity index (χ1n) is 10.8. The summed E-state index contributed by atoms with van der Waals surface area (Å²) in [6.45, 7) is 2.42. The fourth-order valence-electron chi connectivity index (χ4n) is 3.85. The van der Waals surface area contributed by atoms with Gasteiger partial charge in [0.15, 0.2) is 6.61 Å². The molecule has 1 heterocycles. The maximum Gasteiger partial charge on any atom is 0.325 e. The third kappa shape index (κ3) is 5.93. The van der Waals surface area contributed by atoms with Gasteiger partial charge in [-0.2, -0.15) is 0 Å². The monoisotopic (exact) mass is 427 g/mol. The van der Waals surface area contributed by atoms with Gasteiger partial charge in [0.1, 0.15) is 6.54 Å². The molecule has 0 atom stereocenters. The largest absolute Gasteiger partial charge is 0.454 e. The molecule has 3 rings (SSSR count). The number of hydrogen-bond acceptors (Lipinski definition) is 5. The molecule has 166 valence electrons. The van der Waals surface area contributed by atoms with Crippen LogP contribution in [0.4, 0.5) is 5.69 Å². The highest BCUT2D eigenvalue weighted by Gasteiger charge is 2.22. The summed E-state index contributed by atoms with van der Waals surface area (Å²) in [5.74, 6) is -1.28. The maximum atomic E-state index is 12.4. The van der Waals surface area contributed by atoms with Crippen LogP contribution in [0, 0.1) is 0 Å². The van der Waals surface area contributed by atoms with Crippen LogP contribution in [-0.2, 0) is 19.1 Å². The van der Waals surface area contributed by atoms with Crippen molar-refractivity contribution < 1.29 is 23.9 Å². The zero-order valence-electron chi connectivity index (χ0n) is 17.9. The van der Waals surface area contributed by atoms with Crippen molar-refractivity contribution in [1.82, 2.24) is 10.2 Å². The van der Waals surface area contributed by atoms with E-state index in [1.807, 2.05) is 6.92 Å². The number of carbonyl (C=O) groups is 4. The average Bonchev–Trinajstić information content (AvgIpc) is 3.23. The Morgan fingerprint density at radius 1 is 1.10 bits per heavy atom. The molecule has 0 aromatic heterocycles. The second kappa shape index (κ2) is 10.7. The highest BCUT2D eigenvalue weighted by molar-refractivity contribution is 5.98. The molecular weight excluding hydrogens is 398 g/mol. The van der Waals surface area contributed by atoms with Crippen molar-refractivity contribution in [3.05, 3.63) is 41.6 Å². The summed E-state index contributed by atoms with van der Waals surface area (Å²) in [6, 6.07) is 6.66. The molecule has 0 unspecified atom stereocenters. The number of amides is 3. The summed E-state index contributed by atoms with van der Waals surface area (Å²) < 4.78 is 5.05. The van der Waals surface area contributed by atoms with Crippen molar-refractivity contribution >= 4 is 29.4 Å². The molecule has 1 aliphatic heterocycles. The molecule has 1 N–H and O–H groups in total. The number of benzene rings is 1. The maximum absolute atomic E-state index is 12.4. The fraction of sp³-hybridized carbons (Fsp3) is 0.478. The molecule has 0 spiro atoms. The van der Waals surface area contributed by atoms with E-state index in [1.165, 1.54) is 0 Å². The number of ether oxygens (including phenoxy) is 1. The van der Waals surface area contributed by atoms with E-state index >= 15 is 0 Å². The van der Waals surface area contributed by atoms with E-state index in [1.54, 1.807) is 34.1 Å². The summed E-state index contributed by atoms with van der Waals surface area (Å²) in [7, 11) is 0. The van der Waals surface area contributed by atoms with Crippen LogP contribution in [0.15, 0.2) is 36.0 Å². The Kier molecular flexibility index (Phi) is 7.81. The van der Waals surface area contributed by atoms with Gasteiger partial charge in [-0.3, -0.25) is 19.2 Å². The van der Waals surface area contributed by atoms with E-state index in [0.29, 0.717) is 25.1 Å². The second-order valence-corrected chi connectivity index (χ2v) is 7.62. The lowest BCUT2D eigenvalue weighted by molar-refractivity contribution is -0.150. The van der Waals surface area contributed by atoms with Crippen molar-refractivity contribution in [2.24, 2.45) is 0 Å². The van der Waals surface area contributed by atoms with E-state index in [0.717, 1.165) is 43.5 Å². The number of nitrogens with one attached hydrogen (secondary N) is 1. The van der Waals surface area contributed by atoms with Gasteiger partial charge >= 0.3 is 5.97 Å². The molecule has 0 radical (unpaired) electrons. The minimum absolute atomic E-state index is 0.0795. The van der Waals surface area contributed by atoms with Crippen LogP contribution in [0.5, 0.6) is 0 Å². The van der Waals surface area contributed by atoms with Gasteiger partial charge < -0.3 is 19.9 Å². The summed E-state index contributed by atoms with van der Waals surface area (Å²) in [5, 5.41) is 2.50. The molecule has 8 heteroatoms. The van der Waals surface area contributed by atoms with Crippen LogP contribution in [-0.4, -0.2) is 54.8 Å². The topological polar surface area (TPSA) is 96.0 Å². The highest BCUT2D eigenvalue weighted by atomic mass is 16.5. The normalized spacial score (nSPS) is 16.0. The lowest BCUT2D eigenvalue weighted by Gasteiger charge is -2.26. The Bertz CT molecular complexity index is 862. The molecule has 1 aliphatic carbocycles. The first-order chi connectivity index (χ1) is 15.0. The van der Waals surface area contributed by atoms with Crippen LogP contribution in [0.25, 0.3) is 0 Å². The van der Waals surface area contributed by atoms with Gasteiger partial charge in [0.05, 0.1) is 0 Å². The second-order valence-electron chi connectivity index (χ2n) is 7.62. The Morgan fingerprint density at radius 2 is 1.87 bits per heavy atom. The summed E-state index contributed by atoms with van der Waals surface area (Å²) in [5.41, 5.74) is 2.12.